The van der Waals surface area contributed by atoms with Gasteiger partial charge in [-0.2, -0.15) is 4.39 Å². The molecule has 0 radical (unpaired) electrons. The van der Waals surface area contributed by atoms with E-state index in [2.05, 4.69) is 9.88 Å². The largest absolute Gasteiger partial charge is 0.378 e. The van der Waals surface area contributed by atoms with Crippen LogP contribution < -0.4 is 4.90 Å². The number of hydrogen-bond donors (Lipinski definition) is 0. The average Bonchev–Trinajstić information content (AvgIpc) is 2.20. The Bertz CT molecular complexity index is 269. The molecule has 1 saturated heterocycles. The number of anilines is 1. The van der Waals surface area contributed by atoms with E-state index >= 15 is 0 Å². The van der Waals surface area contributed by atoms with Crippen LogP contribution >= 0.6 is 0 Å². The van der Waals surface area contributed by atoms with E-state index in [4.69, 9.17) is 4.74 Å². The van der Waals surface area contributed by atoms with Crippen LogP contribution in [0.25, 0.3) is 0 Å². The summed E-state index contributed by atoms with van der Waals surface area (Å²) in [5, 5.41) is 0. The molecule has 0 bridgehead atoms. The minimum atomic E-state index is -0.433. The molecule has 4 heteroatoms. The van der Waals surface area contributed by atoms with Gasteiger partial charge in [-0.15, -0.1) is 0 Å². The Hall–Kier alpha value is -1.16. The van der Waals surface area contributed by atoms with Crippen LogP contribution in [-0.4, -0.2) is 31.3 Å². The standard InChI is InChI=1S/C9H11FN2O/c10-9-2-1-8(7-11-9)12-3-5-13-6-4-12/h1-2,7H,3-6H2. The molecular formula is C9H11FN2O. The van der Waals surface area contributed by atoms with Crippen molar-refractivity contribution in [2.24, 2.45) is 0 Å². The van der Waals surface area contributed by atoms with E-state index in [1.54, 1.807) is 12.3 Å². The highest BCUT2D eigenvalue weighted by atomic mass is 19.1. The zero-order chi connectivity index (χ0) is 9.10. The van der Waals surface area contributed by atoms with Crippen molar-refractivity contribution in [1.29, 1.82) is 0 Å². The predicted octanol–water partition coefficient (Wildman–Crippen LogP) is 1.06. The number of ether oxygens (including phenoxy) is 1. The highest BCUT2D eigenvalue weighted by Gasteiger charge is 2.10. The monoisotopic (exact) mass is 182 g/mol. The van der Waals surface area contributed by atoms with E-state index in [9.17, 15) is 4.39 Å². The molecule has 0 unspecified atom stereocenters. The zero-order valence-corrected chi connectivity index (χ0v) is 7.24. The van der Waals surface area contributed by atoms with Gasteiger partial charge in [0.2, 0.25) is 5.95 Å². The summed E-state index contributed by atoms with van der Waals surface area (Å²) in [6.07, 6.45) is 1.56. The zero-order valence-electron chi connectivity index (χ0n) is 7.24. The lowest BCUT2D eigenvalue weighted by molar-refractivity contribution is 0.122. The fourth-order valence-corrected chi connectivity index (χ4v) is 1.38. The van der Waals surface area contributed by atoms with Gasteiger partial charge in [0.1, 0.15) is 0 Å². The Balaban J connectivity index is 2.10. The van der Waals surface area contributed by atoms with Crippen molar-refractivity contribution in [3.8, 4) is 0 Å². The second kappa shape index (κ2) is 3.70. The Morgan fingerprint density at radius 2 is 2.08 bits per heavy atom. The molecule has 0 spiro atoms. The fourth-order valence-electron chi connectivity index (χ4n) is 1.38. The molecule has 0 aromatic carbocycles. The van der Waals surface area contributed by atoms with Crippen LogP contribution in [-0.2, 0) is 4.74 Å². The summed E-state index contributed by atoms with van der Waals surface area (Å²) in [5.41, 5.74) is 0.963. The summed E-state index contributed by atoms with van der Waals surface area (Å²) in [6.45, 7) is 3.18. The highest BCUT2D eigenvalue weighted by Crippen LogP contribution is 2.13. The van der Waals surface area contributed by atoms with Crippen LogP contribution in [0.1, 0.15) is 0 Å². The maximum Gasteiger partial charge on any atom is 0.212 e. The van der Waals surface area contributed by atoms with Crippen molar-refractivity contribution in [2.45, 2.75) is 0 Å². The molecule has 1 aliphatic rings. The van der Waals surface area contributed by atoms with Gasteiger partial charge in [-0.05, 0) is 12.1 Å². The van der Waals surface area contributed by atoms with Crippen LogP contribution in [0.4, 0.5) is 10.1 Å². The van der Waals surface area contributed by atoms with Crippen molar-refractivity contribution in [1.82, 2.24) is 4.98 Å². The number of aromatic nitrogens is 1. The quantitative estimate of drug-likeness (QED) is 0.607. The summed E-state index contributed by atoms with van der Waals surface area (Å²) < 4.78 is 17.7. The average molecular weight is 182 g/mol. The molecule has 1 aromatic heterocycles. The number of rotatable bonds is 1. The Morgan fingerprint density at radius 3 is 2.69 bits per heavy atom. The van der Waals surface area contributed by atoms with E-state index in [0.717, 1.165) is 32.0 Å². The van der Waals surface area contributed by atoms with Gasteiger partial charge in [-0.1, -0.05) is 0 Å². The molecule has 0 N–H and O–H groups in total. The molecule has 1 aromatic rings. The third kappa shape index (κ3) is 1.95. The Morgan fingerprint density at radius 1 is 1.31 bits per heavy atom. The Labute approximate surface area is 76.1 Å². The van der Waals surface area contributed by atoms with Gasteiger partial charge in [0, 0.05) is 13.1 Å². The summed E-state index contributed by atoms with van der Waals surface area (Å²) >= 11 is 0. The molecule has 2 heterocycles. The maximum absolute atomic E-state index is 12.5. The minimum absolute atomic E-state index is 0.433. The molecule has 0 atom stereocenters. The lowest BCUT2D eigenvalue weighted by Crippen LogP contribution is -2.36. The fraction of sp³-hybridized carbons (Fsp3) is 0.444. The van der Waals surface area contributed by atoms with Gasteiger partial charge < -0.3 is 9.64 Å². The second-order valence-corrected chi connectivity index (χ2v) is 2.94. The number of nitrogens with zero attached hydrogens (tertiary/aromatic N) is 2. The lowest BCUT2D eigenvalue weighted by Gasteiger charge is -2.28. The van der Waals surface area contributed by atoms with Crippen molar-refractivity contribution < 1.29 is 9.13 Å². The van der Waals surface area contributed by atoms with Gasteiger partial charge in [-0.25, -0.2) is 4.98 Å². The highest BCUT2D eigenvalue weighted by molar-refractivity contribution is 5.43. The molecular weight excluding hydrogens is 171 g/mol. The molecule has 1 fully saturated rings. The van der Waals surface area contributed by atoms with E-state index in [0.29, 0.717) is 0 Å². The van der Waals surface area contributed by atoms with Crippen molar-refractivity contribution in [2.75, 3.05) is 31.2 Å². The normalized spacial score (nSPS) is 17.5. The third-order valence-corrected chi connectivity index (χ3v) is 2.09. The van der Waals surface area contributed by atoms with E-state index < -0.39 is 5.95 Å². The Kier molecular flexibility index (Phi) is 2.40. The predicted molar refractivity (Wildman–Crippen MR) is 47.2 cm³/mol. The SMILES string of the molecule is Fc1ccc(N2CCOCC2)cn1. The molecule has 2 rings (SSSR count). The van der Waals surface area contributed by atoms with Gasteiger partial charge in [0.15, 0.2) is 0 Å². The van der Waals surface area contributed by atoms with Crippen molar-refractivity contribution >= 4 is 5.69 Å². The van der Waals surface area contributed by atoms with Crippen LogP contribution in [0.5, 0.6) is 0 Å². The summed E-state index contributed by atoms with van der Waals surface area (Å²) in [7, 11) is 0. The van der Waals surface area contributed by atoms with Gasteiger partial charge in [0.25, 0.3) is 0 Å². The van der Waals surface area contributed by atoms with E-state index in [1.807, 2.05) is 0 Å². The van der Waals surface area contributed by atoms with Crippen LogP contribution in [0.3, 0.4) is 0 Å². The molecule has 3 nitrogen and oxygen atoms in total. The van der Waals surface area contributed by atoms with Crippen LogP contribution in [0, 0.1) is 5.95 Å². The van der Waals surface area contributed by atoms with Gasteiger partial charge >= 0.3 is 0 Å². The summed E-state index contributed by atoms with van der Waals surface area (Å²) in [6, 6.07) is 3.12. The number of morpholine rings is 1. The first-order valence-electron chi connectivity index (χ1n) is 4.30. The molecule has 0 amide bonds. The van der Waals surface area contributed by atoms with Crippen LogP contribution in [0.15, 0.2) is 18.3 Å². The number of halogens is 1. The first-order valence-corrected chi connectivity index (χ1v) is 4.30. The van der Waals surface area contributed by atoms with E-state index in [-0.39, 0.29) is 0 Å². The summed E-state index contributed by atoms with van der Waals surface area (Å²) in [4.78, 5) is 5.74. The van der Waals surface area contributed by atoms with Crippen molar-refractivity contribution in [3.63, 3.8) is 0 Å². The number of hydrogen-bond acceptors (Lipinski definition) is 3. The number of pyridine rings is 1. The lowest BCUT2D eigenvalue weighted by atomic mass is 10.3. The minimum Gasteiger partial charge on any atom is -0.378 e. The van der Waals surface area contributed by atoms with Crippen LogP contribution in [0.2, 0.25) is 0 Å². The second-order valence-electron chi connectivity index (χ2n) is 2.94. The maximum atomic E-state index is 12.5. The third-order valence-electron chi connectivity index (χ3n) is 2.09. The molecule has 1 aliphatic heterocycles. The van der Waals surface area contributed by atoms with Gasteiger partial charge in [0.05, 0.1) is 25.1 Å². The van der Waals surface area contributed by atoms with Crippen molar-refractivity contribution in [3.05, 3.63) is 24.3 Å². The topological polar surface area (TPSA) is 25.4 Å². The van der Waals surface area contributed by atoms with E-state index in [1.165, 1.54) is 6.07 Å². The molecule has 70 valence electrons. The van der Waals surface area contributed by atoms with Gasteiger partial charge in [-0.3, -0.25) is 0 Å². The smallest absolute Gasteiger partial charge is 0.212 e. The molecule has 13 heavy (non-hydrogen) atoms. The molecule has 0 aliphatic carbocycles. The molecule has 0 saturated carbocycles. The first kappa shape index (κ1) is 8.44. The summed E-state index contributed by atoms with van der Waals surface area (Å²) in [5.74, 6) is -0.433. The first-order chi connectivity index (χ1) is 6.36.